The fourth-order valence-corrected chi connectivity index (χ4v) is 1.23. The second-order valence-electron chi connectivity index (χ2n) is 4.56. The van der Waals surface area contributed by atoms with Gasteiger partial charge < -0.3 is 19.5 Å². The number of rotatable bonds is 12. The molecule has 0 atom stereocenters. The lowest BCUT2D eigenvalue weighted by molar-refractivity contribution is 0.0203. The van der Waals surface area contributed by atoms with Gasteiger partial charge in [-0.3, -0.25) is 0 Å². The predicted octanol–water partition coefficient (Wildman–Crippen LogP) is 1.83. The fraction of sp³-hybridized carbons (Fsp3) is 1.00. The zero-order chi connectivity index (χ0) is 12.9. The summed E-state index contributed by atoms with van der Waals surface area (Å²) in [7, 11) is 0. The Hall–Kier alpha value is -0.160. The lowest BCUT2D eigenvalue weighted by Crippen LogP contribution is -2.23. The molecule has 4 heteroatoms. The van der Waals surface area contributed by atoms with E-state index in [0.29, 0.717) is 19.3 Å². The van der Waals surface area contributed by atoms with Gasteiger partial charge in [-0.2, -0.15) is 0 Å². The first kappa shape index (κ1) is 16.8. The van der Waals surface area contributed by atoms with Crippen LogP contribution in [0.5, 0.6) is 0 Å². The van der Waals surface area contributed by atoms with E-state index >= 15 is 0 Å². The van der Waals surface area contributed by atoms with Crippen molar-refractivity contribution in [3.63, 3.8) is 0 Å². The van der Waals surface area contributed by atoms with E-state index in [0.717, 1.165) is 32.7 Å². The Bertz CT molecular complexity index is 136. The quantitative estimate of drug-likeness (QED) is 0.534. The molecule has 0 fully saturated rings. The van der Waals surface area contributed by atoms with Crippen molar-refractivity contribution >= 4 is 0 Å². The maximum Gasteiger partial charge on any atom is 0.0703 e. The topological polar surface area (TPSA) is 39.7 Å². The summed E-state index contributed by atoms with van der Waals surface area (Å²) >= 11 is 0. The molecule has 0 aromatic carbocycles. The van der Waals surface area contributed by atoms with Crippen LogP contribution in [-0.2, 0) is 14.2 Å². The van der Waals surface area contributed by atoms with Crippen LogP contribution in [0, 0.1) is 0 Å². The van der Waals surface area contributed by atoms with E-state index in [1.807, 2.05) is 13.8 Å². The highest BCUT2D eigenvalue weighted by Gasteiger charge is 1.94. The lowest BCUT2D eigenvalue weighted by atomic mass is 10.4. The van der Waals surface area contributed by atoms with Gasteiger partial charge in [0.25, 0.3) is 0 Å². The van der Waals surface area contributed by atoms with Crippen molar-refractivity contribution < 1.29 is 14.2 Å². The van der Waals surface area contributed by atoms with Crippen LogP contribution in [0.2, 0.25) is 0 Å². The van der Waals surface area contributed by atoms with Gasteiger partial charge in [-0.05, 0) is 40.7 Å². The molecule has 0 radical (unpaired) electrons. The Morgan fingerprint density at radius 2 is 1.41 bits per heavy atom. The van der Waals surface area contributed by atoms with Crippen LogP contribution in [0.25, 0.3) is 0 Å². The summed E-state index contributed by atoms with van der Waals surface area (Å²) in [6.07, 6.45) is 1.67. The van der Waals surface area contributed by atoms with Gasteiger partial charge in [0.2, 0.25) is 0 Å². The van der Waals surface area contributed by atoms with E-state index in [9.17, 15) is 0 Å². The molecule has 17 heavy (non-hydrogen) atoms. The Morgan fingerprint density at radius 3 is 2.06 bits per heavy atom. The third-order valence-corrected chi connectivity index (χ3v) is 2.05. The molecule has 0 aliphatic rings. The van der Waals surface area contributed by atoms with E-state index in [1.165, 1.54) is 0 Å². The van der Waals surface area contributed by atoms with E-state index in [4.69, 9.17) is 14.2 Å². The first-order valence-electron chi connectivity index (χ1n) is 6.64. The van der Waals surface area contributed by atoms with Crippen molar-refractivity contribution in [2.75, 3.05) is 39.5 Å². The van der Waals surface area contributed by atoms with E-state index in [-0.39, 0.29) is 6.10 Å². The van der Waals surface area contributed by atoms with Crippen molar-refractivity contribution in [2.45, 2.75) is 46.3 Å². The maximum absolute atomic E-state index is 5.44. The number of nitrogens with one attached hydrogen (secondary N) is 1. The highest BCUT2D eigenvalue weighted by Crippen LogP contribution is 1.89. The highest BCUT2D eigenvalue weighted by atomic mass is 16.5. The molecule has 1 N–H and O–H groups in total. The molecule has 0 aromatic heterocycles. The third kappa shape index (κ3) is 15.8. The van der Waals surface area contributed by atoms with Gasteiger partial charge in [-0.1, -0.05) is 0 Å². The molecule has 0 amide bonds. The Morgan fingerprint density at radius 1 is 0.765 bits per heavy atom. The summed E-state index contributed by atoms with van der Waals surface area (Å²) in [5, 5.41) is 3.31. The number of hydrogen-bond acceptors (Lipinski definition) is 4. The molecule has 104 valence electrons. The minimum atomic E-state index is 0.290. The molecule has 0 unspecified atom stereocenters. The van der Waals surface area contributed by atoms with E-state index in [1.54, 1.807) is 0 Å². The Balaban J connectivity index is 2.94. The highest BCUT2D eigenvalue weighted by molar-refractivity contribution is 4.47. The summed E-state index contributed by atoms with van der Waals surface area (Å²) in [5.74, 6) is 0. The van der Waals surface area contributed by atoms with Crippen molar-refractivity contribution in [1.29, 1.82) is 0 Å². The van der Waals surface area contributed by atoms with Gasteiger partial charge in [-0.15, -0.1) is 0 Å². The summed E-state index contributed by atoms with van der Waals surface area (Å²) in [6.45, 7) is 13.0. The van der Waals surface area contributed by atoms with Gasteiger partial charge >= 0.3 is 0 Å². The minimum Gasteiger partial charge on any atom is -0.379 e. The maximum atomic E-state index is 5.44. The van der Waals surface area contributed by atoms with Crippen LogP contribution in [-0.4, -0.2) is 51.7 Å². The standard InChI is InChI=1S/C13H29NO3/c1-12(2)16-8-5-6-14-7-9-15-10-11-17-13(3)4/h12-14H,5-11H2,1-4H3. The van der Waals surface area contributed by atoms with E-state index in [2.05, 4.69) is 19.2 Å². The summed E-state index contributed by atoms with van der Waals surface area (Å²) in [5.41, 5.74) is 0. The number of ether oxygens (including phenoxy) is 3. The molecule has 0 aromatic rings. The van der Waals surface area contributed by atoms with E-state index < -0.39 is 0 Å². The van der Waals surface area contributed by atoms with Gasteiger partial charge in [0.15, 0.2) is 0 Å². The predicted molar refractivity (Wildman–Crippen MR) is 70.5 cm³/mol. The van der Waals surface area contributed by atoms with Crippen LogP contribution in [0.1, 0.15) is 34.1 Å². The first-order chi connectivity index (χ1) is 8.13. The molecule has 0 bridgehead atoms. The molecule has 0 spiro atoms. The molecule has 4 nitrogen and oxygen atoms in total. The third-order valence-electron chi connectivity index (χ3n) is 2.05. The lowest BCUT2D eigenvalue weighted by Gasteiger charge is -2.09. The smallest absolute Gasteiger partial charge is 0.0703 e. The van der Waals surface area contributed by atoms with Crippen LogP contribution in [0.3, 0.4) is 0 Å². The second kappa shape index (κ2) is 12.3. The molecule has 0 aliphatic heterocycles. The molecule has 0 aliphatic carbocycles. The zero-order valence-electron chi connectivity index (χ0n) is 11.8. The average Bonchev–Trinajstić information content (AvgIpc) is 2.25. The van der Waals surface area contributed by atoms with Crippen LogP contribution in [0.15, 0.2) is 0 Å². The summed E-state index contributed by atoms with van der Waals surface area (Å²) < 4.78 is 16.2. The van der Waals surface area contributed by atoms with Gasteiger partial charge in [0, 0.05) is 13.2 Å². The molecule has 0 heterocycles. The number of hydrogen-bond donors (Lipinski definition) is 1. The van der Waals surface area contributed by atoms with Crippen LogP contribution in [0.4, 0.5) is 0 Å². The monoisotopic (exact) mass is 247 g/mol. The first-order valence-corrected chi connectivity index (χ1v) is 6.64. The molecule has 0 rings (SSSR count). The van der Waals surface area contributed by atoms with Crippen molar-refractivity contribution in [1.82, 2.24) is 5.32 Å². The van der Waals surface area contributed by atoms with Gasteiger partial charge in [0.1, 0.15) is 0 Å². The molecular weight excluding hydrogens is 218 g/mol. The minimum absolute atomic E-state index is 0.290. The molecular formula is C13H29NO3. The van der Waals surface area contributed by atoms with Gasteiger partial charge in [0.05, 0.1) is 32.0 Å². The SMILES string of the molecule is CC(C)OCCCNCCOCCOC(C)C. The Kier molecular flexibility index (Phi) is 12.2. The average molecular weight is 247 g/mol. The Labute approximate surface area is 106 Å². The van der Waals surface area contributed by atoms with Crippen molar-refractivity contribution in [3.8, 4) is 0 Å². The summed E-state index contributed by atoms with van der Waals surface area (Å²) in [6, 6.07) is 0. The van der Waals surface area contributed by atoms with Gasteiger partial charge in [-0.25, -0.2) is 0 Å². The molecule has 0 saturated heterocycles. The molecule has 0 saturated carbocycles. The zero-order valence-corrected chi connectivity index (χ0v) is 11.8. The summed E-state index contributed by atoms with van der Waals surface area (Å²) in [4.78, 5) is 0. The second-order valence-corrected chi connectivity index (χ2v) is 4.56. The van der Waals surface area contributed by atoms with Crippen LogP contribution < -0.4 is 5.32 Å². The van der Waals surface area contributed by atoms with Crippen LogP contribution >= 0.6 is 0 Å². The largest absolute Gasteiger partial charge is 0.379 e. The van der Waals surface area contributed by atoms with Crippen molar-refractivity contribution in [3.05, 3.63) is 0 Å². The fourth-order valence-electron chi connectivity index (χ4n) is 1.23. The van der Waals surface area contributed by atoms with Crippen molar-refractivity contribution in [2.24, 2.45) is 0 Å². The normalized spacial score (nSPS) is 11.6.